The van der Waals surface area contributed by atoms with Crippen LogP contribution in [0.15, 0.2) is 205 Å². The molecule has 0 radical (unpaired) electrons. The zero-order valence-corrected chi connectivity index (χ0v) is 49.2. The molecule has 9 aromatic rings. The van der Waals surface area contributed by atoms with Gasteiger partial charge < -0.3 is 12.0 Å². The van der Waals surface area contributed by atoms with Crippen molar-refractivity contribution < 1.29 is 28.8 Å². The van der Waals surface area contributed by atoms with Crippen molar-refractivity contribution in [2.45, 2.75) is 109 Å². The predicted molar refractivity (Wildman–Crippen MR) is 330 cm³/mol. The topological polar surface area (TPSA) is 37.3 Å². The summed E-state index contributed by atoms with van der Waals surface area (Å²) >= 11 is 3.43. The van der Waals surface area contributed by atoms with Gasteiger partial charge >= 0.3 is 18.9 Å². The quantitative estimate of drug-likeness (QED) is 0.133. The Morgan fingerprint density at radius 1 is 0.462 bits per heavy atom. The third-order valence-electron chi connectivity index (χ3n) is 16.8. The van der Waals surface area contributed by atoms with Crippen LogP contribution in [0, 0.1) is 6.92 Å². The van der Waals surface area contributed by atoms with E-state index < -0.39 is 5.60 Å². The number of hydrogen-bond donors (Lipinski definition) is 1. The molecule has 0 atom stereocenters. The standard InChI is InChI=1S/C21H16O.C21H16.C13H8O.C8H7Br.C6H16Si.C4H9.Li/c22-21(16-12-11-14-9-10-15(14)13-16)19-7-3-1-5-17(19)18-6-2-4-8-20(18)21;1-3-7-19-17(5-1)18-6-2-4-8-20(18)21(19)16-12-10-14-9-11-15(14)13-16;14-13-11-7-3-1-5-9(11)10-6-2-4-8-12(10)13;9-8-4-3-6-1-2-7(6)5-8;1-4-7(5-2)6-3;1-3-4-2;/h1-8,11-13,22H,9-10H2;1-8,10,12-13,21H,9,11H2;1-8H;3-5H,1-2H2;7H,4-6H2,1-3H3;1,3-4H2,2H3;/q;;;;;-1;+1. The van der Waals surface area contributed by atoms with Crippen molar-refractivity contribution in [1.29, 1.82) is 0 Å². The molecule has 0 aromatic heterocycles. The molecule has 0 bridgehead atoms. The summed E-state index contributed by atoms with van der Waals surface area (Å²) in [6.45, 7) is 12.7. The number of fused-ring (bicyclic) bond motifs is 12. The third-order valence-corrected chi connectivity index (χ3v) is 20.8. The fourth-order valence-corrected chi connectivity index (χ4v) is 14.0. The summed E-state index contributed by atoms with van der Waals surface area (Å²) in [5, 5.41) is 11.7. The predicted octanol–water partition coefficient (Wildman–Crippen LogP) is 15.3. The number of ketones is 1. The van der Waals surface area contributed by atoms with Crippen LogP contribution in [-0.4, -0.2) is 19.7 Å². The fourth-order valence-electron chi connectivity index (χ4n) is 11.9. The van der Waals surface area contributed by atoms with Crippen molar-refractivity contribution in [2.24, 2.45) is 0 Å². The molecule has 78 heavy (non-hydrogen) atoms. The van der Waals surface area contributed by atoms with Gasteiger partial charge in [0.2, 0.25) is 0 Å². The Hall–Kier alpha value is -6.10. The fraction of sp³-hybridized carbons (Fsp3) is 0.233. The molecule has 0 saturated carbocycles. The summed E-state index contributed by atoms with van der Waals surface area (Å²) in [5.74, 6) is 0.555. The van der Waals surface area contributed by atoms with E-state index in [1.54, 1.807) is 11.1 Å². The average molecular weight is 1100 g/mol. The zero-order valence-electron chi connectivity index (χ0n) is 46.4. The number of unbranched alkanes of at least 4 members (excludes halogenated alkanes) is 1. The molecule has 0 saturated heterocycles. The first-order chi connectivity index (χ1) is 37.7. The van der Waals surface area contributed by atoms with Crippen LogP contribution in [0.3, 0.4) is 0 Å². The van der Waals surface area contributed by atoms with E-state index in [9.17, 15) is 9.90 Å². The molecule has 0 fully saturated rings. The van der Waals surface area contributed by atoms with Crippen LogP contribution in [0.4, 0.5) is 0 Å². The third kappa shape index (κ3) is 11.4. The average Bonchev–Trinajstić information content (AvgIpc) is 4.06. The number of aryl methyl sites for hydroxylation is 6. The van der Waals surface area contributed by atoms with Gasteiger partial charge in [-0.3, -0.25) is 4.79 Å². The zero-order chi connectivity index (χ0) is 53.5. The molecule has 5 heteroatoms. The maximum Gasteiger partial charge on any atom is 1.00 e. The van der Waals surface area contributed by atoms with E-state index in [4.69, 9.17) is 0 Å². The van der Waals surface area contributed by atoms with E-state index >= 15 is 0 Å². The molecular weight excluding hydrogens is 1020 g/mol. The monoisotopic (exact) mass is 1090 g/mol. The van der Waals surface area contributed by atoms with Gasteiger partial charge in [-0.1, -0.05) is 256 Å². The molecule has 0 heterocycles. The van der Waals surface area contributed by atoms with Crippen LogP contribution >= 0.6 is 15.9 Å². The number of aliphatic hydroxyl groups is 1. The van der Waals surface area contributed by atoms with E-state index in [0.29, 0.717) is 5.92 Å². The molecule has 1 N–H and O–H groups in total. The van der Waals surface area contributed by atoms with Crippen molar-refractivity contribution in [2.75, 3.05) is 0 Å². The number of carbonyl (C=O) groups excluding carboxylic acids is 1. The number of carbonyl (C=O) groups is 1. The number of benzene rings is 9. The van der Waals surface area contributed by atoms with Gasteiger partial charge in [0, 0.05) is 41.4 Å². The summed E-state index contributed by atoms with van der Waals surface area (Å²) in [7, 11) is -0.171. The first-order valence-corrected chi connectivity index (χ1v) is 31.6. The Bertz CT molecular complexity index is 3410. The van der Waals surface area contributed by atoms with Crippen LogP contribution in [0.1, 0.15) is 129 Å². The van der Waals surface area contributed by atoms with E-state index in [1.807, 2.05) is 72.8 Å². The van der Waals surface area contributed by atoms with Crippen molar-refractivity contribution in [3.05, 3.63) is 289 Å². The van der Waals surface area contributed by atoms with E-state index in [2.05, 4.69) is 178 Å². The molecule has 6 aliphatic rings. The van der Waals surface area contributed by atoms with Gasteiger partial charge in [0.25, 0.3) is 0 Å². The molecule has 388 valence electrons. The van der Waals surface area contributed by atoms with Crippen LogP contribution in [0.5, 0.6) is 0 Å². The largest absolute Gasteiger partial charge is 1.00 e. The maximum atomic E-state index is 11.9. The minimum Gasteiger partial charge on any atom is -0.376 e. The second-order valence-electron chi connectivity index (χ2n) is 21.2. The van der Waals surface area contributed by atoms with E-state index in [-0.39, 0.29) is 33.4 Å². The Kier molecular flexibility index (Phi) is 18.7. The SMILES string of the molecule is Brc1ccc2c(c1)CC2.CC[SiH](CC)CC.O=C1c2ccccc2-c2ccccc21.OC1(c2ccc3c(c2)CC3)c2ccccc2-c2ccccc21.[CH2-]CCC.[Li+].c1ccc2c(c1)-c1ccccc1C2c1ccc2c(c1)CC2. The summed E-state index contributed by atoms with van der Waals surface area (Å²) < 4.78 is 1.21. The number of rotatable bonds is 6. The van der Waals surface area contributed by atoms with Gasteiger partial charge in [-0.15, -0.1) is 0 Å². The first-order valence-electron chi connectivity index (χ1n) is 28.3. The Morgan fingerprint density at radius 2 is 0.833 bits per heavy atom. The van der Waals surface area contributed by atoms with Gasteiger partial charge in [-0.05, 0) is 140 Å². The molecular formula is C73H72BrLiO2Si. The van der Waals surface area contributed by atoms with Crippen molar-refractivity contribution >= 4 is 30.5 Å². The Labute approximate surface area is 487 Å². The Morgan fingerprint density at radius 3 is 1.22 bits per heavy atom. The summed E-state index contributed by atoms with van der Waals surface area (Å²) in [6, 6.07) is 74.2. The van der Waals surface area contributed by atoms with E-state index in [1.165, 1.54) is 111 Å². The second-order valence-corrected chi connectivity index (χ2v) is 26.3. The summed E-state index contributed by atoms with van der Waals surface area (Å²) in [6.07, 6.45) is 9.63. The molecule has 0 amide bonds. The molecule has 15 rings (SSSR count). The normalized spacial score (nSPS) is 13.9. The smallest absolute Gasteiger partial charge is 0.376 e. The minimum atomic E-state index is -1.03. The van der Waals surface area contributed by atoms with Crippen molar-refractivity contribution in [3.63, 3.8) is 0 Å². The molecule has 2 nitrogen and oxygen atoms in total. The van der Waals surface area contributed by atoms with Gasteiger partial charge in [0.15, 0.2) is 5.78 Å². The first kappa shape index (κ1) is 56.6. The van der Waals surface area contributed by atoms with Gasteiger partial charge in [-0.2, -0.15) is 6.42 Å². The minimum absolute atomic E-state index is 0. The molecule has 0 unspecified atom stereocenters. The van der Waals surface area contributed by atoms with Crippen LogP contribution in [0.2, 0.25) is 18.1 Å². The molecule has 9 aromatic carbocycles. The van der Waals surface area contributed by atoms with Crippen LogP contribution in [0.25, 0.3) is 33.4 Å². The Balaban J connectivity index is 0.000000122. The number of hydrogen-bond acceptors (Lipinski definition) is 2. The molecule has 6 aliphatic carbocycles. The molecule has 0 spiro atoms. The summed E-state index contributed by atoms with van der Waals surface area (Å²) in [5.41, 5.74) is 24.1. The van der Waals surface area contributed by atoms with Crippen molar-refractivity contribution in [3.8, 4) is 33.4 Å². The van der Waals surface area contributed by atoms with Gasteiger partial charge in [0.05, 0.1) is 0 Å². The van der Waals surface area contributed by atoms with Gasteiger partial charge in [-0.25, -0.2) is 0 Å². The van der Waals surface area contributed by atoms with E-state index in [0.717, 1.165) is 62.9 Å². The van der Waals surface area contributed by atoms with Gasteiger partial charge in [0.1, 0.15) is 5.60 Å². The van der Waals surface area contributed by atoms with Crippen LogP contribution < -0.4 is 18.9 Å². The summed E-state index contributed by atoms with van der Waals surface area (Å²) in [4.78, 5) is 11.9. The second kappa shape index (κ2) is 25.8. The molecule has 0 aliphatic heterocycles. The van der Waals surface area contributed by atoms with Crippen molar-refractivity contribution in [1.82, 2.24) is 0 Å². The van der Waals surface area contributed by atoms with Crippen LogP contribution in [-0.2, 0) is 44.1 Å². The number of halogens is 1. The maximum absolute atomic E-state index is 11.9.